The maximum absolute atomic E-state index is 12.6. The van der Waals surface area contributed by atoms with Crippen LogP contribution in [-0.2, 0) is 4.79 Å². The molecule has 0 unspecified atom stereocenters. The SMILES string of the molecule is Cc1cc(NC(=O)C(F)(F)C(F)F)cnc1Cl. The van der Waals surface area contributed by atoms with Crippen LogP contribution in [0.1, 0.15) is 5.56 Å². The minimum atomic E-state index is -4.74. The fourth-order valence-electron chi connectivity index (χ4n) is 0.940. The number of amides is 1. The Morgan fingerprint density at radius 2 is 2.12 bits per heavy atom. The molecule has 3 nitrogen and oxygen atoms in total. The van der Waals surface area contributed by atoms with Gasteiger partial charge in [0.05, 0.1) is 11.9 Å². The molecule has 1 rings (SSSR count). The fourth-order valence-corrected chi connectivity index (χ4v) is 1.04. The summed E-state index contributed by atoms with van der Waals surface area (Å²) in [5, 5.41) is 1.77. The summed E-state index contributed by atoms with van der Waals surface area (Å²) in [6.45, 7) is 1.52. The zero-order chi connectivity index (χ0) is 13.2. The molecule has 1 heterocycles. The second kappa shape index (κ2) is 4.87. The second-order valence-corrected chi connectivity index (χ2v) is 3.57. The number of halogens is 5. The van der Waals surface area contributed by atoms with Crippen molar-refractivity contribution in [2.45, 2.75) is 19.3 Å². The number of rotatable bonds is 3. The highest BCUT2D eigenvalue weighted by atomic mass is 35.5. The molecule has 0 aromatic carbocycles. The number of anilines is 1. The highest BCUT2D eigenvalue weighted by molar-refractivity contribution is 6.30. The summed E-state index contributed by atoms with van der Waals surface area (Å²) in [6.07, 6.45) is -3.07. The number of aryl methyl sites for hydroxylation is 1. The number of nitrogens with zero attached hydrogens (tertiary/aromatic N) is 1. The number of alkyl halides is 4. The van der Waals surface area contributed by atoms with E-state index >= 15 is 0 Å². The molecule has 0 fully saturated rings. The number of hydrogen-bond donors (Lipinski definition) is 1. The van der Waals surface area contributed by atoms with Crippen LogP contribution >= 0.6 is 11.6 Å². The van der Waals surface area contributed by atoms with Crippen LogP contribution in [0.2, 0.25) is 5.15 Å². The number of pyridine rings is 1. The number of carbonyl (C=O) groups excluding carboxylic acids is 1. The maximum atomic E-state index is 12.6. The highest BCUT2D eigenvalue weighted by Crippen LogP contribution is 2.25. The van der Waals surface area contributed by atoms with E-state index in [1.54, 1.807) is 5.32 Å². The molecule has 0 aliphatic carbocycles. The number of carbonyl (C=O) groups is 1. The van der Waals surface area contributed by atoms with Crippen molar-refractivity contribution in [2.24, 2.45) is 0 Å². The highest BCUT2D eigenvalue weighted by Gasteiger charge is 2.48. The molecule has 0 saturated carbocycles. The molecule has 0 aliphatic rings. The first kappa shape index (κ1) is 13.7. The Kier molecular flexibility index (Phi) is 3.92. The minimum Gasteiger partial charge on any atom is -0.319 e. The molecule has 0 radical (unpaired) electrons. The molecule has 0 atom stereocenters. The molecule has 94 valence electrons. The third-order valence-electron chi connectivity index (χ3n) is 1.85. The Labute approximate surface area is 98.8 Å². The van der Waals surface area contributed by atoms with Crippen LogP contribution in [0.3, 0.4) is 0 Å². The van der Waals surface area contributed by atoms with Crippen LogP contribution < -0.4 is 5.32 Å². The first-order valence-electron chi connectivity index (χ1n) is 4.34. The largest absolute Gasteiger partial charge is 0.383 e. The third-order valence-corrected chi connectivity index (χ3v) is 2.24. The van der Waals surface area contributed by atoms with Gasteiger partial charge in [0.25, 0.3) is 0 Å². The van der Waals surface area contributed by atoms with Crippen LogP contribution in [0.4, 0.5) is 23.2 Å². The van der Waals surface area contributed by atoms with Gasteiger partial charge in [-0.15, -0.1) is 0 Å². The zero-order valence-electron chi connectivity index (χ0n) is 8.48. The quantitative estimate of drug-likeness (QED) is 0.678. The molecule has 1 aromatic heterocycles. The Morgan fingerprint density at radius 3 is 2.59 bits per heavy atom. The van der Waals surface area contributed by atoms with Gasteiger partial charge in [0, 0.05) is 0 Å². The Balaban J connectivity index is 2.85. The summed E-state index contributed by atoms with van der Waals surface area (Å²) in [4.78, 5) is 14.4. The van der Waals surface area contributed by atoms with E-state index in [2.05, 4.69) is 4.98 Å². The Bertz CT molecular complexity index is 439. The van der Waals surface area contributed by atoms with Gasteiger partial charge in [-0.1, -0.05) is 11.6 Å². The van der Waals surface area contributed by atoms with Crippen molar-refractivity contribution in [1.29, 1.82) is 0 Å². The van der Waals surface area contributed by atoms with E-state index in [4.69, 9.17) is 11.6 Å². The van der Waals surface area contributed by atoms with Gasteiger partial charge in [0.15, 0.2) is 0 Å². The zero-order valence-corrected chi connectivity index (χ0v) is 9.23. The van der Waals surface area contributed by atoms with Gasteiger partial charge in [-0.25, -0.2) is 13.8 Å². The van der Waals surface area contributed by atoms with Gasteiger partial charge >= 0.3 is 18.3 Å². The molecule has 0 spiro atoms. The molecular weight excluding hydrogens is 264 g/mol. The van der Waals surface area contributed by atoms with Crippen molar-refractivity contribution < 1.29 is 22.4 Å². The van der Waals surface area contributed by atoms with Crippen LogP contribution in [0.5, 0.6) is 0 Å². The van der Waals surface area contributed by atoms with Gasteiger partial charge < -0.3 is 5.32 Å². The van der Waals surface area contributed by atoms with Crippen molar-refractivity contribution in [1.82, 2.24) is 4.98 Å². The van der Waals surface area contributed by atoms with Crippen LogP contribution in [0, 0.1) is 6.92 Å². The van der Waals surface area contributed by atoms with E-state index in [1.165, 1.54) is 13.0 Å². The number of hydrogen-bond acceptors (Lipinski definition) is 2. The van der Waals surface area contributed by atoms with Crippen molar-refractivity contribution in [2.75, 3.05) is 5.32 Å². The Morgan fingerprint density at radius 1 is 1.53 bits per heavy atom. The maximum Gasteiger partial charge on any atom is 0.383 e. The smallest absolute Gasteiger partial charge is 0.319 e. The summed E-state index contributed by atoms with van der Waals surface area (Å²) in [6, 6.07) is 1.24. The average Bonchev–Trinajstić information content (AvgIpc) is 2.23. The predicted molar refractivity (Wildman–Crippen MR) is 53.6 cm³/mol. The summed E-state index contributed by atoms with van der Waals surface area (Å²) >= 11 is 5.57. The lowest BCUT2D eigenvalue weighted by Crippen LogP contribution is -2.41. The molecular formula is C9H7ClF4N2O. The molecule has 0 aliphatic heterocycles. The fraction of sp³-hybridized carbons (Fsp3) is 0.333. The second-order valence-electron chi connectivity index (χ2n) is 3.21. The number of aromatic nitrogens is 1. The van der Waals surface area contributed by atoms with Crippen molar-refractivity contribution >= 4 is 23.2 Å². The first-order valence-corrected chi connectivity index (χ1v) is 4.72. The molecule has 0 bridgehead atoms. The van der Waals surface area contributed by atoms with Gasteiger partial charge in [0.2, 0.25) is 0 Å². The van der Waals surface area contributed by atoms with Crippen molar-refractivity contribution in [3.05, 3.63) is 23.0 Å². The molecule has 1 N–H and O–H groups in total. The molecule has 0 saturated heterocycles. The van der Waals surface area contributed by atoms with E-state index in [0.29, 0.717) is 5.56 Å². The average molecular weight is 271 g/mol. The van der Waals surface area contributed by atoms with Crippen molar-refractivity contribution in [3.8, 4) is 0 Å². The van der Waals surface area contributed by atoms with E-state index in [1.807, 2.05) is 0 Å². The number of nitrogens with one attached hydrogen (secondary N) is 1. The van der Waals surface area contributed by atoms with E-state index in [-0.39, 0.29) is 10.8 Å². The summed E-state index contributed by atoms with van der Waals surface area (Å²) in [7, 11) is 0. The molecule has 1 amide bonds. The lowest BCUT2D eigenvalue weighted by molar-refractivity contribution is -0.163. The van der Waals surface area contributed by atoms with E-state index in [9.17, 15) is 22.4 Å². The van der Waals surface area contributed by atoms with Crippen molar-refractivity contribution in [3.63, 3.8) is 0 Å². The normalized spacial score (nSPS) is 11.7. The van der Waals surface area contributed by atoms with E-state index < -0.39 is 18.3 Å². The monoisotopic (exact) mass is 270 g/mol. The van der Waals surface area contributed by atoms with Gasteiger partial charge in [-0.3, -0.25) is 4.79 Å². The third kappa shape index (κ3) is 3.06. The van der Waals surface area contributed by atoms with Gasteiger partial charge in [-0.05, 0) is 18.6 Å². The summed E-state index contributed by atoms with van der Waals surface area (Å²) in [5.74, 6) is -6.83. The molecule has 17 heavy (non-hydrogen) atoms. The summed E-state index contributed by atoms with van der Waals surface area (Å²) in [5.41, 5.74) is 0.294. The minimum absolute atomic E-state index is 0.128. The molecule has 1 aromatic rings. The van der Waals surface area contributed by atoms with Gasteiger partial charge in [-0.2, -0.15) is 8.78 Å². The summed E-state index contributed by atoms with van der Waals surface area (Å²) < 4.78 is 48.9. The van der Waals surface area contributed by atoms with E-state index in [0.717, 1.165) is 6.20 Å². The van der Waals surface area contributed by atoms with Crippen LogP contribution in [0.15, 0.2) is 12.3 Å². The first-order chi connectivity index (χ1) is 7.75. The van der Waals surface area contributed by atoms with Crippen LogP contribution in [-0.4, -0.2) is 23.2 Å². The predicted octanol–water partition coefficient (Wildman–Crippen LogP) is 2.88. The van der Waals surface area contributed by atoms with Crippen LogP contribution in [0.25, 0.3) is 0 Å². The van der Waals surface area contributed by atoms with Gasteiger partial charge in [0.1, 0.15) is 5.15 Å². The lowest BCUT2D eigenvalue weighted by Gasteiger charge is -2.14. The Hall–Kier alpha value is -1.37. The standard InChI is InChI=1S/C9H7ClF4N2O/c1-4-2-5(3-15-6(4)10)16-8(17)9(13,14)7(11)12/h2-3,7H,1H3,(H,16,17). The molecule has 8 heteroatoms. The topological polar surface area (TPSA) is 42.0 Å². The lowest BCUT2D eigenvalue weighted by atomic mass is 10.2.